The summed E-state index contributed by atoms with van der Waals surface area (Å²) in [7, 11) is 0. The van der Waals surface area contributed by atoms with Crippen molar-refractivity contribution in [2.24, 2.45) is 0 Å². The Morgan fingerprint density at radius 2 is 1.88 bits per heavy atom. The lowest BCUT2D eigenvalue weighted by Gasteiger charge is -2.09. The fourth-order valence-corrected chi connectivity index (χ4v) is 2.45. The second kappa shape index (κ2) is 7.07. The number of carbonyl (C=O) groups excluding carboxylic acids is 1. The molecule has 2 aromatic rings. The summed E-state index contributed by atoms with van der Waals surface area (Å²) in [4.78, 5) is 32.9. The number of aryl methyl sites for hydroxylation is 3. The van der Waals surface area contributed by atoms with Crippen molar-refractivity contribution in [1.29, 1.82) is 0 Å². The molecule has 0 aliphatic carbocycles. The number of aromatic nitrogens is 2. The van der Waals surface area contributed by atoms with Crippen molar-refractivity contribution >= 4 is 23.0 Å². The molecule has 132 valence electrons. The topological polar surface area (TPSA) is 133 Å². The minimum atomic E-state index is -0.538. The quantitative estimate of drug-likeness (QED) is 0.630. The van der Waals surface area contributed by atoms with Crippen LogP contribution in [0.3, 0.4) is 0 Å². The summed E-state index contributed by atoms with van der Waals surface area (Å²) in [6, 6.07) is 4.21. The highest BCUT2D eigenvalue weighted by atomic mass is 16.6. The maximum Gasteiger partial charge on any atom is 0.312 e. The second-order valence-corrected chi connectivity index (χ2v) is 5.55. The van der Waals surface area contributed by atoms with Gasteiger partial charge in [0.25, 0.3) is 5.69 Å². The zero-order valence-electron chi connectivity index (χ0n) is 14.0. The van der Waals surface area contributed by atoms with Crippen LogP contribution < -0.4 is 5.32 Å². The number of nitrogens with zero attached hydrogens (tertiary/aromatic N) is 4. The first-order valence-corrected chi connectivity index (χ1v) is 7.44. The van der Waals surface area contributed by atoms with Crippen LogP contribution in [0.1, 0.15) is 23.4 Å². The molecule has 0 atom stereocenters. The molecule has 0 radical (unpaired) electrons. The van der Waals surface area contributed by atoms with Gasteiger partial charge in [0.05, 0.1) is 22.1 Å². The molecule has 0 aliphatic rings. The Morgan fingerprint density at radius 3 is 2.44 bits per heavy atom. The highest BCUT2D eigenvalue weighted by molar-refractivity contribution is 5.91. The van der Waals surface area contributed by atoms with Gasteiger partial charge in [0.1, 0.15) is 11.4 Å². The monoisotopic (exact) mass is 347 g/mol. The molecule has 1 aromatic carbocycles. The van der Waals surface area contributed by atoms with Crippen molar-refractivity contribution in [3.05, 3.63) is 55.4 Å². The van der Waals surface area contributed by atoms with Crippen LogP contribution in [0.5, 0.6) is 0 Å². The van der Waals surface area contributed by atoms with E-state index in [-0.39, 0.29) is 35.9 Å². The highest BCUT2D eigenvalue weighted by Crippen LogP contribution is 2.23. The summed E-state index contributed by atoms with van der Waals surface area (Å²) < 4.78 is 1.41. The lowest BCUT2D eigenvalue weighted by atomic mass is 10.2. The molecule has 25 heavy (non-hydrogen) atoms. The summed E-state index contributed by atoms with van der Waals surface area (Å²) >= 11 is 0. The van der Waals surface area contributed by atoms with Gasteiger partial charge < -0.3 is 5.32 Å². The van der Waals surface area contributed by atoms with Gasteiger partial charge in [0.2, 0.25) is 5.91 Å². The molecule has 0 aliphatic heterocycles. The molecule has 0 saturated carbocycles. The van der Waals surface area contributed by atoms with E-state index in [1.165, 1.54) is 23.7 Å². The van der Waals surface area contributed by atoms with Crippen LogP contribution in [0.25, 0.3) is 0 Å². The predicted octanol–water partition coefficient (Wildman–Crippen LogP) is 2.65. The molecular weight excluding hydrogens is 330 g/mol. The Bertz CT molecular complexity index is 858. The largest absolute Gasteiger partial charge is 0.326 e. The predicted molar refractivity (Wildman–Crippen MR) is 89.4 cm³/mol. The van der Waals surface area contributed by atoms with Crippen molar-refractivity contribution < 1.29 is 14.6 Å². The van der Waals surface area contributed by atoms with Crippen molar-refractivity contribution in [3.8, 4) is 0 Å². The average Bonchev–Trinajstić information content (AvgIpc) is 2.81. The number of hydrogen-bond donors (Lipinski definition) is 1. The second-order valence-electron chi connectivity index (χ2n) is 5.55. The number of hydrogen-bond acceptors (Lipinski definition) is 6. The molecule has 0 fully saturated rings. The first-order valence-electron chi connectivity index (χ1n) is 7.44. The number of benzene rings is 1. The molecular formula is C15H17N5O5. The van der Waals surface area contributed by atoms with Gasteiger partial charge >= 0.3 is 5.69 Å². The van der Waals surface area contributed by atoms with E-state index in [2.05, 4.69) is 10.4 Å². The summed E-state index contributed by atoms with van der Waals surface area (Å²) in [5, 5.41) is 28.5. The Kier molecular flexibility index (Phi) is 5.11. The van der Waals surface area contributed by atoms with Gasteiger partial charge in [-0.05, 0) is 26.3 Å². The van der Waals surface area contributed by atoms with Gasteiger partial charge in [-0.25, -0.2) is 0 Å². The third-order valence-corrected chi connectivity index (χ3v) is 3.78. The average molecular weight is 347 g/mol. The van der Waals surface area contributed by atoms with Crippen LogP contribution in [0, 0.1) is 41.0 Å². The molecule has 0 bridgehead atoms. The minimum Gasteiger partial charge on any atom is -0.326 e. The van der Waals surface area contributed by atoms with E-state index in [9.17, 15) is 25.0 Å². The van der Waals surface area contributed by atoms with E-state index >= 15 is 0 Å². The molecule has 0 unspecified atom stereocenters. The maximum absolute atomic E-state index is 12.1. The van der Waals surface area contributed by atoms with Gasteiger partial charge in [-0.3, -0.25) is 29.7 Å². The first kappa shape index (κ1) is 18.0. The molecule has 1 amide bonds. The van der Waals surface area contributed by atoms with Crippen molar-refractivity contribution in [1.82, 2.24) is 9.78 Å². The number of carbonyl (C=O) groups is 1. The van der Waals surface area contributed by atoms with Gasteiger partial charge in [0, 0.05) is 18.6 Å². The number of nitrogens with one attached hydrogen (secondary N) is 1. The van der Waals surface area contributed by atoms with Crippen LogP contribution >= 0.6 is 0 Å². The minimum absolute atomic E-state index is 0.0290. The maximum atomic E-state index is 12.1. The van der Waals surface area contributed by atoms with Crippen LogP contribution in [0.15, 0.2) is 18.2 Å². The van der Waals surface area contributed by atoms with Crippen LogP contribution in [-0.4, -0.2) is 25.5 Å². The number of nitro groups is 2. The summed E-state index contributed by atoms with van der Waals surface area (Å²) in [5.41, 5.74) is 1.54. The Hall–Kier alpha value is -3.30. The van der Waals surface area contributed by atoms with E-state index in [4.69, 9.17) is 0 Å². The van der Waals surface area contributed by atoms with Crippen LogP contribution in [0.2, 0.25) is 0 Å². The van der Waals surface area contributed by atoms with E-state index in [0.29, 0.717) is 16.9 Å². The molecule has 10 nitrogen and oxygen atoms in total. The van der Waals surface area contributed by atoms with E-state index in [1.807, 2.05) is 0 Å². The Morgan fingerprint density at radius 1 is 1.20 bits per heavy atom. The molecule has 2 rings (SSSR count). The SMILES string of the molecule is Cc1ccc([N+](=O)[O-])cc1NC(=O)CCn1nc(C)c([N+](=O)[O-])c1C. The fraction of sp³-hybridized carbons (Fsp3) is 0.333. The van der Waals surface area contributed by atoms with Crippen molar-refractivity contribution in [3.63, 3.8) is 0 Å². The van der Waals surface area contributed by atoms with Crippen molar-refractivity contribution in [2.75, 3.05) is 5.32 Å². The third-order valence-electron chi connectivity index (χ3n) is 3.78. The molecule has 0 spiro atoms. The molecule has 1 aromatic heterocycles. The van der Waals surface area contributed by atoms with Crippen LogP contribution in [0.4, 0.5) is 17.1 Å². The number of nitro benzene ring substituents is 1. The van der Waals surface area contributed by atoms with Crippen molar-refractivity contribution in [2.45, 2.75) is 33.7 Å². The van der Waals surface area contributed by atoms with Gasteiger partial charge in [-0.1, -0.05) is 6.07 Å². The zero-order chi connectivity index (χ0) is 18.7. The lowest BCUT2D eigenvalue weighted by Crippen LogP contribution is -2.16. The standard InChI is InChI=1S/C15H17N5O5/c1-9-4-5-12(19(22)23)8-13(9)16-14(21)6-7-18-11(3)15(20(24)25)10(2)17-18/h4-5,8H,6-7H2,1-3H3,(H,16,21). The zero-order valence-corrected chi connectivity index (χ0v) is 14.0. The number of anilines is 1. The van der Waals surface area contributed by atoms with Crippen LogP contribution in [-0.2, 0) is 11.3 Å². The number of non-ortho nitro benzene ring substituents is 1. The normalized spacial score (nSPS) is 10.5. The van der Waals surface area contributed by atoms with Gasteiger partial charge in [-0.2, -0.15) is 5.10 Å². The molecule has 1 heterocycles. The Labute approximate surface area is 142 Å². The summed E-state index contributed by atoms with van der Waals surface area (Å²) in [5.74, 6) is -0.362. The molecule has 0 saturated heterocycles. The molecule has 1 N–H and O–H groups in total. The highest BCUT2D eigenvalue weighted by Gasteiger charge is 2.22. The Balaban J connectivity index is 2.07. The smallest absolute Gasteiger partial charge is 0.312 e. The van der Waals surface area contributed by atoms with Gasteiger partial charge in [-0.15, -0.1) is 0 Å². The number of rotatable bonds is 6. The first-order chi connectivity index (χ1) is 11.7. The summed E-state index contributed by atoms with van der Waals surface area (Å²) in [6.07, 6.45) is 0.0290. The van der Waals surface area contributed by atoms with E-state index in [1.54, 1.807) is 19.9 Å². The number of amides is 1. The van der Waals surface area contributed by atoms with Gasteiger partial charge in [0.15, 0.2) is 0 Å². The fourth-order valence-electron chi connectivity index (χ4n) is 2.45. The lowest BCUT2D eigenvalue weighted by molar-refractivity contribution is -0.386. The van der Waals surface area contributed by atoms with E-state index < -0.39 is 9.85 Å². The summed E-state index contributed by atoms with van der Waals surface area (Å²) in [6.45, 7) is 5.00. The van der Waals surface area contributed by atoms with E-state index in [0.717, 1.165) is 0 Å². The third kappa shape index (κ3) is 3.97. The molecule has 10 heteroatoms.